The second kappa shape index (κ2) is 4.65. The molecule has 0 bridgehead atoms. The quantitative estimate of drug-likeness (QED) is 0.715. The van der Waals surface area contributed by atoms with Crippen LogP contribution in [0.1, 0.15) is 4.88 Å². The molecule has 0 spiro atoms. The largest absolute Gasteiger partial charge is 0.223 e. The molecule has 1 aromatic heterocycles. The molecular weight excluding hydrogens is 362 g/mol. The van der Waals surface area contributed by atoms with Crippen molar-refractivity contribution in [2.45, 2.75) is 0 Å². The monoisotopic (exact) mass is 364 g/mol. The van der Waals surface area contributed by atoms with Crippen molar-refractivity contribution in [1.29, 1.82) is 5.26 Å². The Kier molecular flexibility index (Phi) is 3.42. The third kappa shape index (κ3) is 2.19. The molecule has 0 radical (unpaired) electrons. The van der Waals surface area contributed by atoms with Gasteiger partial charge in [0.2, 0.25) is 0 Å². The van der Waals surface area contributed by atoms with E-state index in [1.54, 1.807) is 12.1 Å². The van der Waals surface area contributed by atoms with E-state index in [2.05, 4.69) is 4.98 Å². The zero-order chi connectivity index (χ0) is 11.7. The first-order chi connectivity index (χ1) is 7.61. The van der Waals surface area contributed by atoms with Gasteiger partial charge in [-0.2, -0.15) is 5.26 Å². The zero-order valence-corrected chi connectivity index (χ0v) is 11.4. The molecule has 6 heteroatoms. The highest BCUT2D eigenvalue weighted by Crippen LogP contribution is 2.31. The second-order valence-corrected chi connectivity index (χ2v) is 5.63. The molecule has 1 heterocycles. The molecule has 0 aliphatic heterocycles. The average molecular weight is 365 g/mol. The molecule has 2 aromatic rings. The Bertz CT molecular complexity index is 591. The normalized spacial score (nSPS) is 10.1. The topological polar surface area (TPSA) is 36.7 Å². The number of hydrogen-bond donors (Lipinski definition) is 0. The second-order valence-electron chi connectivity index (χ2n) is 2.89. The van der Waals surface area contributed by atoms with Crippen molar-refractivity contribution >= 4 is 45.5 Å². The number of benzene rings is 1. The van der Waals surface area contributed by atoms with E-state index in [9.17, 15) is 4.39 Å². The smallest absolute Gasteiger partial charge is 0.185 e. The maximum Gasteiger partial charge on any atom is 0.185 e. The summed E-state index contributed by atoms with van der Waals surface area (Å²) in [6.45, 7) is 0. The highest BCUT2D eigenvalue weighted by molar-refractivity contribution is 14.1. The number of nitriles is 1. The van der Waals surface area contributed by atoms with Crippen LogP contribution in [-0.4, -0.2) is 4.98 Å². The molecule has 1 aromatic carbocycles. The highest BCUT2D eigenvalue weighted by atomic mass is 127. The average Bonchev–Trinajstić information content (AvgIpc) is 2.63. The fraction of sp³-hybridized carbons (Fsp3) is 0. The number of aromatic nitrogens is 1. The van der Waals surface area contributed by atoms with E-state index in [-0.39, 0.29) is 10.3 Å². The van der Waals surface area contributed by atoms with Gasteiger partial charge in [-0.1, -0.05) is 29.0 Å². The lowest BCUT2D eigenvalue weighted by atomic mass is 10.1. The van der Waals surface area contributed by atoms with E-state index in [4.69, 9.17) is 16.9 Å². The van der Waals surface area contributed by atoms with Gasteiger partial charge in [0.25, 0.3) is 0 Å². The van der Waals surface area contributed by atoms with Crippen LogP contribution in [0, 0.1) is 20.7 Å². The summed E-state index contributed by atoms with van der Waals surface area (Å²) in [5.74, 6) is -0.328. The van der Waals surface area contributed by atoms with Crippen molar-refractivity contribution in [3.8, 4) is 17.3 Å². The third-order valence-electron chi connectivity index (χ3n) is 1.90. The maximum absolute atomic E-state index is 13.4. The maximum atomic E-state index is 13.4. The standard InChI is InChI=1S/C10H3ClFIN2S/c11-10-15-9(8(4-14)16-10)5-1-2-7(13)6(12)3-5/h1-3H. The highest BCUT2D eigenvalue weighted by Gasteiger charge is 2.13. The predicted octanol–water partition coefficient (Wildman–Crippen LogP) is 4.08. The Morgan fingerprint density at radius 2 is 2.25 bits per heavy atom. The van der Waals surface area contributed by atoms with Crippen LogP contribution in [0.3, 0.4) is 0 Å². The van der Waals surface area contributed by atoms with Gasteiger partial charge < -0.3 is 0 Å². The number of rotatable bonds is 1. The molecule has 0 amide bonds. The number of thiazole rings is 1. The summed E-state index contributed by atoms with van der Waals surface area (Å²) >= 11 is 8.71. The van der Waals surface area contributed by atoms with Gasteiger partial charge in [0.15, 0.2) is 4.47 Å². The third-order valence-corrected chi connectivity index (χ3v) is 3.83. The summed E-state index contributed by atoms with van der Waals surface area (Å²) in [6, 6.07) is 6.71. The number of halogens is 3. The fourth-order valence-corrected chi connectivity index (χ4v) is 2.47. The lowest BCUT2D eigenvalue weighted by Gasteiger charge is -1.99. The molecule has 2 rings (SSSR count). The van der Waals surface area contributed by atoms with Crippen LogP contribution in [0.5, 0.6) is 0 Å². The molecule has 0 unspecified atom stereocenters. The fourth-order valence-electron chi connectivity index (χ4n) is 1.21. The summed E-state index contributed by atoms with van der Waals surface area (Å²) in [4.78, 5) is 4.41. The van der Waals surface area contributed by atoms with Gasteiger partial charge >= 0.3 is 0 Å². The summed E-state index contributed by atoms with van der Waals surface area (Å²) in [7, 11) is 0. The molecule has 0 aliphatic carbocycles. The van der Waals surface area contributed by atoms with Crippen LogP contribution in [0.25, 0.3) is 11.3 Å². The summed E-state index contributed by atoms with van der Waals surface area (Å²) < 4.78 is 14.2. The van der Waals surface area contributed by atoms with Crippen LogP contribution in [-0.2, 0) is 0 Å². The Balaban J connectivity index is 2.59. The van der Waals surface area contributed by atoms with Crippen LogP contribution in [0.4, 0.5) is 4.39 Å². The van der Waals surface area contributed by atoms with E-state index in [1.807, 2.05) is 28.7 Å². The number of hydrogen-bond acceptors (Lipinski definition) is 3. The van der Waals surface area contributed by atoms with Gasteiger partial charge in [0, 0.05) is 9.13 Å². The molecule has 0 saturated heterocycles. The van der Waals surface area contributed by atoms with Gasteiger partial charge in [0.1, 0.15) is 22.5 Å². The van der Waals surface area contributed by atoms with Crippen molar-refractivity contribution in [3.05, 3.63) is 36.9 Å². The summed E-state index contributed by atoms with van der Waals surface area (Å²) in [6.07, 6.45) is 0. The van der Waals surface area contributed by atoms with Crippen LogP contribution < -0.4 is 0 Å². The Morgan fingerprint density at radius 1 is 1.50 bits per heavy atom. The Labute approximate surface area is 114 Å². The summed E-state index contributed by atoms with van der Waals surface area (Å²) in [5.41, 5.74) is 1.01. The lowest BCUT2D eigenvalue weighted by Crippen LogP contribution is -1.86. The van der Waals surface area contributed by atoms with Crippen LogP contribution in [0.15, 0.2) is 18.2 Å². The minimum Gasteiger partial charge on any atom is -0.223 e. The van der Waals surface area contributed by atoms with Crippen molar-refractivity contribution in [1.82, 2.24) is 4.98 Å². The molecule has 0 fully saturated rings. The van der Waals surface area contributed by atoms with E-state index < -0.39 is 0 Å². The van der Waals surface area contributed by atoms with Crippen molar-refractivity contribution in [2.24, 2.45) is 0 Å². The first-order valence-electron chi connectivity index (χ1n) is 4.13. The Morgan fingerprint density at radius 3 is 2.88 bits per heavy atom. The van der Waals surface area contributed by atoms with Crippen LogP contribution >= 0.6 is 45.5 Å². The molecule has 2 nitrogen and oxygen atoms in total. The SMILES string of the molecule is N#Cc1sc(Cl)nc1-c1ccc(I)c(F)c1. The molecular formula is C10H3ClFIN2S. The minimum atomic E-state index is -0.328. The van der Waals surface area contributed by atoms with Gasteiger partial charge in [-0.05, 0) is 34.7 Å². The molecule has 16 heavy (non-hydrogen) atoms. The van der Waals surface area contributed by atoms with E-state index in [0.29, 0.717) is 19.7 Å². The van der Waals surface area contributed by atoms with Crippen molar-refractivity contribution in [2.75, 3.05) is 0 Å². The molecule has 0 N–H and O–H groups in total. The van der Waals surface area contributed by atoms with E-state index in [1.165, 1.54) is 6.07 Å². The first-order valence-corrected chi connectivity index (χ1v) is 6.41. The molecule has 80 valence electrons. The molecule has 0 aliphatic rings. The van der Waals surface area contributed by atoms with Gasteiger partial charge in [-0.3, -0.25) is 0 Å². The van der Waals surface area contributed by atoms with Gasteiger partial charge in [-0.15, -0.1) is 0 Å². The van der Waals surface area contributed by atoms with E-state index in [0.717, 1.165) is 11.3 Å². The minimum absolute atomic E-state index is 0.283. The van der Waals surface area contributed by atoms with Gasteiger partial charge in [-0.25, -0.2) is 9.37 Å². The van der Waals surface area contributed by atoms with Gasteiger partial charge in [0.05, 0.1) is 0 Å². The molecule has 0 saturated carbocycles. The Hall–Kier alpha value is -0.710. The first kappa shape index (κ1) is 11.8. The van der Waals surface area contributed by atoms with Crippen molar-refractivity contribution < 1.29 is 4.39 Å². The molecule has 0 atom stereocenters. The van der Waals surface area contributed by atoms with E-state index >= 15 is 0 Å². The lowest BCUT2D eigenvalue weighted by molar-refractivity contribution is 0.621. The zero-order valence-electron chi connectivity index (χ0n) is 7.67. The predicted molar refractivity (Wildman–Crippen MR) is 69.9 cm³/mol. The van der Waals surface area contributed by atoms with Crippen molar-refractivity contribution in [3.63, 3.8) is 0 Å². The van der Waals surface area contributed by atoms with Crippen LogP contribution in [0.2, 0.25) is 4.47 Å². The summed E-state index contributed by atoms with van der Waals surface area (Å²) in [5, 5.41) is 8.88. The number of nitrogens with zero attached hydrogens (tertiary/aromatic N) is 2.